The Bertz CT molecular complexity index is 545. The number of hydrogen-bond donors (Lipinski definition) is 0. The third-order valence-corrected chi connectivity index (χ3v) is 1.84. The fourth-order valence-corrected chi connectivity index (χ4v) is 1.07. The fraction of sp³-hybridized carbons (Fsp3) is 0.294. The quantitative estimate of drug-likeness (QED) is 0.441. The van der Waals surface area contributed by atoms with Crippen molar-refractivity contribution in [3.63, 3.8) is 0 Å². The summed E-state index contributed by atoms with van der Waals surface area (Å²) in [5.41, 5.74) is 0. The predicted octanol–water partition coefficient (Wildman–Crippen LogP) is 2.18. The van der Waals surface area contributed by atoms with Gasteiger partial charge in [-0.2, -0.15) is 0 Å². The summed E-state index contributed by atoms with van der Waals surface area (Å²) < 4.78 is 9.76. The lowest BCUT2D eigenvalue weighted by molar-refractivity contribution is -0.153. The highest BCUT2D eigenvalue weighted by Crippen LogP contribution is 1.98. The summed E-state index contributed by atoms with van der Waals surface area (Å²) >= 11 is 0. The number of allylic oxidation sites excluding steroid dienone is 5. The molecular weight excluding hydrogens is 268 g/mol. The molecule has 0 amide bonds. The van der Waals surface area contributed by atoms with Crippen molar-refractivity contribution in [1.82, 2.24) is 0 Å². The number of carbonyl (C=O) groups is 2. The van der Waals surface area contributed by atoms with E-state index in [4.69, 9.17) is 9.47 Å². The summed E-state index contributed by atoms with van der Waals surface area (Å²) in [4.78, 5) is 21.6. The molecule has 0 unspecified atom stereocenters. The van der Waals surface area contributed by atoms with Crippen molar-refractivity contribution in [3.05, 3.63) is 36.5 Å². The summed E-state index contributed by atoms with van der Waals surface area (Å²) in [5, 5.41) is 0. The molecule has 4 nitrogen and oxygen atoms in total. The standard InChI is InChI=1S/C17H18O4/c1-4-5-6-7-8-9-10-11-12-13-17(21-16(3)19)14-20-15(2)18/h4-5,10-13,17H,14H2,1-3H3/b5-4+,11-10-,13-12+/t17-/m1/s1. The van der Waals surface area contributed by atoms with Crippen LogP contribution in [0, 0.1) is 23.7 Å². The molecule has 0 aromatic carbocycles. The van der Waals surface area contributed by atoms with Crippen LogP contribution >= 0.6 is 0 Å². The van der Waals surface area contributed by atoms with Gasteiger partial charge in [-0.25, -0.2) is 0 Å². The van der Waals surface area contributed by atoms with E-state index in [0.29, 0.717) is 0 Å². The van der Waals surface area contributed by atoms with E-state index in [9.17, 15) is 9.59 Å². The first-order valence-electron chi connectivity index (χ1n) is 6.32. The molecular formula is C17H18O4. The number of rotatable bonds is 5. The smallest absolute Gasteiger partial charge is 0.303 e. The molecule has 0 saturated heterocycles. The van der Waals surface area contributed by atoms with E-state index in [1.165, 1.54) is 13.8 Å². The van der Waals surface area contributed by atoms with Crippen molar-refractivity contribution in [2.24, 2.45) is 0 Å². The Balaban J connectivity index is 4.39. The molecule has 0 aliphatic heterocycles. The zero-order valence-corrected chi connectivity index (χ0v) is 12.4. The van der Waals surface area contributed by atoms with Crippen molar-refractivity contribution in [1.29, 1.82) is 0 Å². The van der Waals surface area contributed by atoms with Gasteiger partial charge in [0.1, 0.15) is 6.61 Å². The minimum Gasteiger partial charge on any atom is -0.462 e. The maximum Gasteiger partial charge on any atom is 0.303 e. The largest absolute Gasteiger partial charge is 0.462 e. The number of carbonyl (C=O) groups excluding carboxylic acids is 2. The molecule has 4 heteroatoms. The summed E-state index contributed by atoms with van der Waals surface area (Å²) in [6, 6.07) is 0. The molecule has 0 heterocycles. The predicted molar refractivity (Wildman–Crippen MR) is 80.8 cm³/mol. The van der Waals surface area contributed by atoms with Crippen LogP contribution < -0.4 is 0 Å². The van der Waals surface area contributed by atoms with E-state index in [0.717, 1.165) is 0 Å². The normalized spacial score (nSPS) is 11.6. The Kier molecular flexibility index (Phi) is 10.7. The highest BCUT2D eigenvalue weighted by molar-refractivity contribution is 5.67. The first-order valence-corrected chi connectivity index (χ1v) is 6.32. The van der Waals surface area contributed by atoms with Gasteiger partial charge >= 0.3 is 11.9 Å². The minimum absolute atomic E-state index is 0.0141. The fourth-order valence-electron chi connectivity index (χ4n) is 1.07. The molecule has 0 N–H and O–H groups in total. The molecule has 0 aromatic rings. The molecule has 0 aliphatic rings. The van der Waals surface area contributed by atoms with Crippen LogP contribution in [0.4, 0.5) is 0 Å². The number of esters is 2. The van der Waals surface area contributed by atoms with Crippen LogP contribution in [0.25, 0.3) is 0 Å². The summed E-state index contributed by atoms with van der Waals surface area (Å²) in [7, 11) is 0. The average Bonchev–Trinajstić information content (AvgIpc) is 2.42. The van der Waals surface area contributed by atoms with E-state index >= 15 is 0 Å². The highest BCUT2D eigenvalue weighted by atomic mass is 16.6. The summed E-state index contributed by atoms with van der Waals surface area (Å²) in [5.74, 6) is 9.87. The van der Waals surface area contributed by atoms with E-state index in [1.807, 2.05) is 13.0 Å². The van der Waals surface area contributed by atoms with Crippen LogP contribution in [0.2, 0.25) is 0 Å². The van der Waals surface area contributed by atoms with Crippen molar-refractivity contribution in [2.45, 2.75) is 26.9 Å². The third kappa shape index (κ3) is 13.5. The maximum atomic E-state index is 10.9. The molecule has 0 aromatic heterocycles. The second-order valence-corrected chi connectivity index (χ2v) is 3.73. The molecule has 1 atom stereocenters. The van der Waals surface area contributed by atoms with E-state index in [2.05, 4.69) is 23.7 Å². The van der Waals surface area contributed by atoms with Crippen LogP contribution in [-0.2, 0) is 19.1 Å². The van der Waals surface area contributed by atoms with Gasteiger partial charge < -0.3 is 9.47 Å². The van der Waals surface area contributed by atoms with Crippen molar-refractivity contribution < 1.29 is 19.1 Å². The van der Waals surface area contributed by atoms with Gasteiger partial charge in [0.05, 0.1) is 0 Å². The van der Waals surface area contributed by atoms with Gasteiger partial charge in [-0.05, 0) is 37.0 Å². The Morgan fingerprint density at radius 3 is 2.29 bits per heavy atom. The zero-order valence-electron chi connectivity index (χ0n) is 12.4. The second kappa shape index (κ2) is 12.3. The van der Waals surface area contributed by atoms with Gasteiger partial charge in [0.2, 0.25) is 0 Å². The molecule has 0 saturated carbocycles. The second-order valence-electron chi connectivity index (χ2n) is 3.73. The SMILES string of the molecule is C/C=C/C#CC#C/C=C\C=C\[C@H](COC(C)=O)OC(C)=O. The molecule has 0 spiro atoms. The molecule has 0 radical (unpaired) electrons. The topological polar surface area (TPSA) is 52.6 Å². The van der Waals surface area contributed by atoms with Gasteiger partial charge in [0, 0.05) is 13.8 Å². The Morgan fingerprint density at radius 2 is 1.71 bits per heavy atom. The van der Waals surface area contributed by atoms with Crippen LogP contribution in [-0.4, -0.2) is 24.6 Å². The highest BCUT2D eigenvalue weighted by Gasteiger charge is 2.09. The Labute approximate surface area is 125 Å². The number of ether oxygens (including phenoxy) is 2. The molecule has 110 valence electrons. The Morgan fingerprint density at radius 1 is 1.05 bits per heavy atom. The van der Waals surface area contributed by atoms with Gasteiger partial charge in [0.15, 0.2) is 6.10 Å². The zero-order chi connectivity index (χ0) is 15.9. The van der Waals surface area contributed by atoms with Crippen LogP contribution in [0.3, 0.4) is 0 Å². The van der Waals surface area contributed by atoms with Crippen LogP contribution in [0.5, 0.6) is 0 Å². The van der Waals surface area contributed by atoms with Gasteiger partial charge in [-0.1, -0.05) is 30.1 Å². The average molecular weight is 286 g/mol. The first-order chi connectivity index (χ1) is 10.1. The lowest BCUT2D eigenvalue weighted by atomic mass is 10.3. The summed E-state index contributed by atoms with van der Waals surface area (Å²) in [6.07, 6.45) is 9.46. The minimum atomic E-state index is -0.613. The maximum absolute atomic E-state index is 10.9. The van der Waals surface area contributed by atoms with Gasteiger partial charge in [-0.3, -0.25) is 9.59 Å². The lowest BCUT2D eigenvalue weighted by Crippen LogP contribution is -2.21. The van der Waals surface area contributed by atoms with E-state index in [-0.39, 0.29) is 6.61 Å². The van der Waals surface area contributed by atoms with Gasteiger partial charge in [0.25, 0.3) is 0 Å². The lowest BCUT2D eigenvalue weighted by Gasteiger charge is -2.12. The van der Waals surface area contributed by atoms with Crippen molar-refractivity contribution in [3.8, 4) is 23.7 Å². The first kappa shape index (κ1) is 18.3. The van der Waals surface area contributed by atoms with Crippen molar-refractivity contribution >= 4 is 11.9 Å². The molecule has 0 bridgehead atoms. The summed E-state index contributed by atoms with van der Waals surface area (Å²) in [6.45, 7) is 4.44. The van der Waals surface area contributed by atoms with Crippen LogP contribution in [0.15, 0.2) is 36.5 Å². The monoisotopic (exact) mass is 286 g/mol. The Hall–Kier alpha value is -2.72. The van der Waals surface area contributed by atoms with Crippen molar-refractivity contribution in [2.75, 3.05) is 6.61 Å². The number of hydrogen-bond acceptors (Lipinski definition) is 4. The molecule has 0 aliphatic carbocycles. The van der Waals surface area contributed by atoms with E-state index < -0.39 is 18.0 Å². The van der Waals surface area contributed by atoms with E-state index in [1.54, 1.807) is 30.4 Å². The molecule has 21 heavy (non-hydrogen) atoms. The third-order valence-electron chi connectivity index (χ3n) is 1.84. The molecule has 0 rings (SSSR count). The molecule has 0 fully saturated rings. The van der Waals surface area contributed by atoms with Crippen LogP contribution in [0.1, 0.15) is 20.8 Å². The van der Waals surface area contributed by atoms with Gasteiger partial charge in [-0.15, -0.1) is 0 Å².